The molecular formula is C9H15NO2. The van der Waals surface area contributed by atoms with E-state index < -0.39 is 12.2 Å². The number of hydrogen-bond donors (Lipinski definition) is 2. The molecule has 0 saturated carbocycles. The fourth-order valence-electron chi connectivity index (χ4n) is 1.37. The lowest BCUT2D eigenvalue weighted by Gasteiger charge is -2.11. The van der Waals surface area contributed by atoms with Crippen molar-refractivity contribution in [3.05, 3.63) is 0 Å². The van der Waals surface area contributed by atoms with Gasteiger partial charge in [0.1, 0.15) is 0 Å². The van der Waals surface area contributed by atoms with E-state index in [-0.39, 0.29) is 0 Å². The van der Waals surface area contributed by atoms with Crippen LogP contribution in [0.15, 0.2) is 0 Å². The molecule has 3 nitrogen and oxygen atoms in total. The predicted molar refractivity (Wildman–Crippen MR) is 46.5 cm³/mol. The largest absolute Gasteiger partial charge is 0.389 e. The minimum atomic E-state index is -0.570. The summed E-state index contributed by atoms with van der Waals surface area (Å²) in [6, 6.07) is 0. The monoisotopic (exact) mass is 169 g/mol. The Balaban J connectivity index is 2.21. The molecule has 1 rings (SSSR count). The predicted octanol–water partition coefficient (Wildman–Crippen LogP) is -0.563. The molecule has 0 amide bonds. The van der Waals surface area contributed by atoms with Gasteiger partial charge in [-0.05, 0) is 6.92 Å². The van der Waals surface area contributed by atoms with Crippen molar-refractivity contribution in [2.75, 3.05) is 19.6 Å². The fourth-order valence-corrected chi connectivity index (χ4v) is 1.37. The lowest BCUT2D eigenvalue weighted by molar-refractivity contribution is 0.0572. The van der Waals surface area contributed by atoms with E-state index in [0.29, 0.717) is 13.1 Å². The van der Waals surface area contributed by atoms with Crippen LogP contribution in [0.5, 0.6) is 0 Å². The minimum Gasteiger partial charge on any atom is -0.389 e. The Morgan fingerprint density at radius 2 is 1.92 bits per heavy atom. The summed E-state index contributed by atoms with van der Waals surface area (Å²) in [5, 5.41) is 18.4. The van der Waals surface area contributed by atoms with Crippen molar-refractivity contribution >= 4 is 0 Å². The molecule has 1 fully saturated rings. The number of rotatable bonds is 2. The number of aliphatic hydroxyl groups excluding tert-OH is 2. The Hall–Kier alpha value is -0.560. The van der Waals surface area contributed by atoms with Gasteiger partial charge in [0.2, 0.25) is 0 Å². The van der Waals surface area contributed by atoms with Crippen molar-refractivity contribution in [2.24, 2.45) is 0 Å². The second kappa shape index (κ2) is 4.46. The molecule has 0 aliphatic carbocycles. The fraction of sp³-hybridized carbons (Fsp3) is 0.778. The molecule has 3 heteroatoms. The molecule has 12 heavy (non-hydrogen) atoms. The highest BCUT2D eigenvalue weighted by atomic mass is 16.3. The van der Waals surface area contributed by atoms with Gasteiger partial charge in [0.25, 0.3) is 0 Å². The van der Waals surface area contributed by atoms with Gasteiger partial charge in [0.15, 0.2) is 0 Å². The number of aliphatic hydroxyl groups is 2. The molecule has 2 N–H and O–H groups in total. The maximum Gasteiger partial charge on any atom is 0.0938 e. The average Bonchev–Trinajstić information content (AvgIpc) is 2.32. The van der Waals surface area contributed by atoms with E-state index >= 15 is 0 Å². The summed E-state index contributed by atoms with van der Waals surface area (Å²) in [5.74, 6) is 5.76. The zero-order valence-corrected chi connectivity index (χ0v) is 7.32. The summed E-state index contributed by atoms with van der Waals surface area (Å²) in [5.41, 5.74) is 0. The standard InChI is InChI=1S/C9H15NO2/c1-2-3-4-5-10-6-8(11)9(12)7-10/h8-9,11-12H,4-7H2,1H3/t8-,9+. The molecule has 1 heterocycles. The molecule has 1 aliphatic rings. The number of nitrogens with zero attached hydrogens (tertiary/aromatic N) is 1. The van der Waals surface area contributed by atoms with E-state index in [1.807, 2.05) is 11.8 Å². The van der Waals surface area contributed by atoms with Crippen LogP contribution in [0.25, 0.3) is 0 Å². The number of likely N-dealkylation sites (tertiary alicyclic amines) is 1. The molecular weight excluding hydrogens is 154 g/mol. The van der Waals surface area contributed by atoms with Crippen molar-refractivity contribution in [1.82, 2.24) is 4.90 Å². The van der Waals surface area contributed by atoms with E-state index in [1.165, 1.54) is 0 Å². The lowest BCUT2D eigenvalue weighted by atomic mass is 10.3. The molecule has 0 bridgehead atoms. The summed E-state index contributed by atoms with van der Waals surface area (Å²) in [6.07, 6.45) is -0.324. The first-order chi connectivity index (χ1) is 5.74. The molecule has 0 spiro atoms. The summed E-state index contributed by atoms with van der Waals surface area (Å²) in [6.45, 7) is 3.81. The Morgan fingerprint density at radius 1 is 1.33 bits per heavy atom. The van der Waals surface area contributed by atoms with Crippen LogP contribution in [-0.2, 0) is 0 Å². The van der Waals surface area contributed by atoms with Crippen LogP contribution in [0.3, 0.4) is 0 Å². The van der Waals surface area contributed by atoms with Crippen LogP contribution < -0.4 is 0 Å². The molecule has 0 aromatic carbocycles. The van der Waals surface area contributed by atoms with Crippen molar-refractivity contribution in [3.63, 3.8) is 0 Å². The Labute approximate surface area is 73.0 Å². The highest BCUT2D eigenvalue weighted by Gasteiger charge is 2.28. The van der Waals surface area contributed by atoms with Crippen LogP contribution >= 0.6 is 0 Å². The number of β-amino-alcohol motifs (C(OH)–C–C–N with tert-alkyl or cyclic N) is 2. The molecule has 0 radical (unpaired) electrons. The number of hydrogen-bond acceptors (Lipinski definition) is 3. The van der Waals surface area contributed by atoms with Crippen LogP contribution in [0, 0.1) is 11.8 Å². The van der Waals surface area contributed by atoms with Gasteiger partial charge in [-0.3, -0.25) is 4.90 Å². The van der Waals surface area contributed by atoms with Crippen LogP contribution in [0.1, 0.15) is 13.3 Å². The Morgan fingerprint density at radius 3 is 2.42 bits per heavy atom. The van der Waals surface area contributed by atoms with Gasteiger partial charge in [-0.1, -0.05) is 0 Å². The van der Waals surface area contributed by atoms with Gasteiger partial charge in [-0.15, -0.1) is 11.8 Å². The molecule has 0 unspecified atom stereocenters. The lowest BCUT2D eigenvalue weighted by Crippen LogP contribution is -2.22. The first-order valence-electron chi connectivity index (χ1n) is 4.22. The minimum absolute atomic E-state index is 0.570. The van der Waals surface area contributed by atoms with Gasteiger partial charge in [0.05, 0.1) is 12.2 Å². The molecule has 0 aromatic rings. The summed E-state index contributed by atoms with van der Waals surface area (Å²) >= 11 is 0. The van der Waals surface area contributed by atoms with Crippen molar-refractivity contribution in [3.8, 4) is 11.8 Å². The third kappa shape index (κ3) is 2.49. The van der Waals surface area contributed by atoms with Crippen molar-refractivity contribution in [2.45, 2.75) is 25.6 Å². The zero-order valence-electron chi connectivity index (χ0n) is 7.32. The van der Waals surface area contributed by atoms with E-state index in [1.54, 1.807) is 0 Å². The van der Waals surface area contributed by atoms with Gasteiger partial charge in [0, 0.05) is 26.1 Å². The maximum absolute atomic E-state index is 9.20. The van der Waals surface area contributed by atoms with Crippen molar-refractivity contribution < 1.29 is 10.2 Å². The Kier molecular flexibility index (Phi) is 3.54. The first-order valence-corrected chi connectivity index (χ1v) is 4.22. The van der Waals surface area contributed by atoms with Crippen LogP contribution in [0.2, 0.25) is 0 Å². The molecule has 2 atom stereocenters. The summed E-state index contributed by atoms with van der Waals surface area (Å²) in [4.78, 5) is 2.03. The van der Waals surface area contributed by atoms with Crippen LogP contribution in [0.4, 0.5) is 0 Å². The molecule has 0 aromatic heterocycles. The Bertz CT molecular complexity index is 184. The second-order valence-electron chi connectivity index (χ2n) is 3.07. The van der Waals surface area contributed by atoms with Gasteiger partial charge in [-0.25, -0.2) is 0 Å². The smallest absolute Gasteiger partial charge is 0.0938 e. The van der Waals surface area contributed by atoms with E-state index in [9.17, 15) is 10.2 Å². The zero-order chi connectivity index (χ0) is 8.97. The van der Waals surface area contributed by atoms with E-state index in [4.69, 9.17) is 0 Å². The van der Waals surface area contributed by atoms with Crippen LogP contribution in [-0.4, -0.2) is 47.0 Å². The normalized spacial score (nSPS) is 29.9. The highest BCUT2D eigenvalue weighted by Crippen LogP contribution is 2.09. The highest BCUT2D eigenvalue weighted by molar-refractivity contribution is 4.96. The van der Waals surface area contributed by atoms with Crippen molar-refractivity contribution in [1.29, 1.82) is 0 Å². The molecule has 68 valence electrons. The van der Waals surface area contributed by atoms with Gasteiger partial charge >= 0.3 is 0 Å². The van der Waals surface area contributed by atoms with E-state index in [0.717, 1.165) is 13.0 Å². The van der Waals surface area contributed by atoms with Gasteiger partial charge in [-0.2, -0.15) is 0 Å². The molecule has 1 saturated heterocycles. The average molecular weight is 169 g/mol. The molecule has 1 aliphatic heterocycles. The summed E-state index contributed by atoms with van der Waals surface area (Å²) < 4.78 is 0. The topological polar surface area (TPSA) is 43.7 Å². The SMILES string of the molecule is CC#CCCN1C[C@@H](O)[C@@H](O)C1. The van der Waals surface area contributed by atoms with Gasteiger partial charge < -0.3 is 10.2 Å². The quantitative estimate of drug-likeness (QED) is 0.544. The first kappa shape index (κ1) is 9.53. The third-order valence-corrected chi connectivity index (χ3v) is 2.06. The second-order valence-corrected chi connectivity index (χ2v) is 3.07. The maximum atomic E-state index is 9.20. The third-order valence-electron chi connectivity index (χ3n) is 2.06. The van der Waals surface area contributed by atoms with E-state index in [2.05, 4.69) is 11.8 Å². The summed E-state index contributed by atoms with van der Waals surface area (Å²) in [7, 11) is 0.